The van der Waals surface area contributed by atoms with Crippen LogP contribution in [-0.4, -0.2) is 25.2 Å². The second kappa shape index (κ2) is 17.5. The van der Waals surface area contributed by atoms with Crippen molar-refractivity contribution < 1.29 is 19.1 Å². The molecular weight excluding hydrogens is 388 g/mol. The quantitative estimate of drug-likeness (QED) is 0.174. The number of rotatable bonds is 17. The van der Waals surface area contributed by atoms with Gasteiger partial charge in [-0.1, -0.05) is 91.9 Å². The lowest BCUT2D eigenvalue weighted by Crippen LogP contribution is -2.30. The molecule has 182 valence electrons. The van der Waals surface area contributed by atoms with Gasteiger partial charge in [0, 0.05) is 0 Å². The van der Waals surface area contributed by atoms with Crippen LogP contribution in [-0.2, 0) is 19.1 Å². The summed E-state index contributed by atoms with van der Waals surface area (Å²) in [5, 5.41) is 0. The van der Waals surface area contributed by atoms with Crippen LogP contribution in [0.2, 0.25) is 0 Å². The van der Waals surface area contributed by atoms with Crippen molar-refractivity contribution in [3.63, 3.8) is 0 Å². The van der Waals surface area contributed by atoms with E-state index >= 15 is 0 Å². The highest BCUT2D eigenvalue weighted by Crippen LogP contribution is 2.31. The molecule has 0 aromatic heterocycles. The summed E-state index contributed by atoms with van der Waals surface area (Å²) in [6.07, 6.45) is 16.3. The molecule has 1 saturated carbocycles. The summed E-state index contributed by atoms with van der Waals surface area (Å²) < 4.78 is 11.2. The first kappa shape index (κ1) is 28.0. The maximum Gasteiger partial charge on any atom is 0.308 e. The summed E-state index contributed by atoms with van der Waals surface area (Å²) in [4.78, 5) is 25.0. The molecular formula is C27H50O4. The molecule has 1 aliphatic carbocycles. The van der Waals surface area contributed by atoms with Crippen LogP contribution in [0.4, 0.5) is 0 Å². The molecule has 0 bridgehead atoms. The van der Waals surface area contributed by atoms with Crippen molar-refractivity contribution in [1.29, 1.82) is 0 Å². The van der Waals surface area contributed by atoms with E-state index in [0.717, 1.165) is 50.9 Å². The lowest BCUT2D eigenvalue weighted by Gasteiger charge is -2.27. The average Bonchev–Trinajstić information content (AvgIpc) is 2.77. The SMILES string of the molecule is CCCCC(CC)COC(=O)C1CCCC(C(=O)OCCCCCCCCC(C)C)C1. The molecule has 1 rings (SSSR count). The third-order valence-electron chi connectivity index (χ3n) is 6.77. The van der Waals surface area contributed by atoms with Gasteiger partial charge in [0.25, 0.3) is 0 Å². The van der Waals surface area contributed by atoms with E-state index in [1.807, 2.05) is 0 Å². The Hall–Kier alpha value is -1.06. The third kappa shape index (κ3) is 13.2. The Morgan fingerprint density at radius 2 is 1.42 bits per heavy atom. The monoisotopic (exact) mass is 438 g/mol. The smallest absolute Gasteiger partial charge is 0.308 e. The van der Waals surface area contributed by atoms with Gasteiger partial charge in [-0.3, -0.25) is 9.59 Å². The summed E-state index contributed by atoms with van der Waals surface area (Å²) in [5.41, 5.74) is 0. The molecule has 3 atom stereocenters. The fraction of sp³-hybridized carbons (Fsp3) is 0.926. The van der Waals surface area contributed by atoms with Crippen molar-refractivity contribution in [2.45, 2.75) is 124 Å². The maximum absolute atomic E-state index is 12.5. The molecule has 1 fully saturated rings. The second-order valence-corrected chi connectivity index (χ2v) is 10.1. The van der Waals surface area contributed by atoms with Crippen molar-refractivity contribution in [2.24, 2.45) is 23.7 Å². The molecule has 0 radical (unpaired) electrons. The molecule has 0 amide bonds. The largest absolute Gasteiger partial charge is 0.465 e. The highest BCUT2D eigenvalue weighted by Gasteiger charge is 2.33. The van der Waals surface area contributed by atoms with Crippen molar-refractivity contribution in [2.75, 3.05) is 13.2 Å². The molecule has 0 spiro atoms. The Labute approximate surface area is 192 Å². The standard InChI is InChI=1S/C27H50O4/c1-5-7-16-23(6-2)21-31-27(29)25-18-14-17-24(20-25)26(28)30-19-13-11-9-8-10-12-15-22(3)4/h22-25H,5-21H2,1-4H3. The second-order valence-electron chi connectivity index (χ2n) is 10.1. The summed E-state index contributed by atoms with van der Waals surface area (Å²) >= 11 is 0. The zero-order valence-electron chi connectivity index (χ0n) is 21.0. The molecule has 1 aliphatic rings. The maximum atomic E-state index is 12.5. The Kier molecular flexibility index (Phi) is 15.8. The van der Waals surface area contributed by atoms with Gasteiger partial charge in [0.05, 0.1) is 25.0 Å². The van der Waals surface area contributed by atoms with E-state index < -0.39 is 0 Å². The fourth-order valence-electron chi connectivity index (χ4n) is 4.49. The van der Waals surface area contributed by atoms with Crippen LogP contribution in [0, 0.1) is 23.7 Å². The summed E-state index contributed by atoms with van der Waals surface area (Å²) in [6, 6.07) is 0. The van der Waals surface area contributed by atoms with Crippen molar-refractivity contribution in [3.05, 3.63) is 0 Å². The minimum Gasteiger partial charge on any atom is -0.465 e. The Bertz CT molecular complexity index is 474. The van der Waals surface area contributed by atoms with Gasteiger partial charge in [0.1, 0.15) is 0 Å². The molecule has 0 aliphatic heterocycles. The first-order valence-corrected chi connectivity index (χ1v) is 13.3. The number of esters is 2. The van der Waals surface area contributed by atoms with E-state index in [0.29, 0.717) is 25.6 Å². The molecule has 0 saturated heterocycles. The number of ether oxygens (including phenoxy) is 2. The van der Waals surface area contributed by atoms with Gasteiger partial charge in [-0.25, -0.2) is 0 Å². The predicted molar refractivity (Wildman–Crippen MR) is 128 cm³/mol. The van der Waals surface area contributed by atoms with Crippen LogP contribution in [0.3, 0.4) is 0 Å². The molecule has 0 N–H and O–H groups in total. The van der Waals surface area contributed by atoms with Crippen molar-refractivity contribution in [3.8, 4) is 0 Å². The summed E-state index contributed by atoms with van der Waals surface area (Å²) in [5.74, 6) is 0.780. The Morgan fingerprint density at radius 1 is 0.806 bits per heavy atom. The van der Waals surface area contributed by atoms with E-state index in [1.54, 1.807) is 0 Å². The van der Waals surface area contributed by atoms with Crippen LogP contribution in [0.15, 0.2) is 0 Å². The lowest BCUT2D eigenvalue weighted by atomic mass is 9.81. The van der Waals surface area contributed by atoms with E-state index in [4.69, 9.17) is 9.47 Å². The number of carbonyl (C=O) groups excluding carboxylic acids is 2. The Balaban J connectivity index is 2.18. The molecule has 4 nitrogen and oxygen atoms in total. The third-order valence-corrected chi connectivity index (χ3v) is 6.77. The molecule has 4 heteroatoms. The highest BCUT2D eigenvalue weighted by molar-refractivity contribution is 5.76. The molecule has 31 heavy (non-hydrogen) atoms. The summed E-state index contributed by atoms with van der Waals surface area (Å²) in [7, 11) is 0. The molecule has 0 aromatic rings. The number of hydrogen-bond donors (Lipinski definition) is 0. The van der Waals surface area contributed by atoms with Crippen LogP contribution < -0.4 is 0 Å². The first-order chi connectivity index (χ1) is 15.0. The van der Waals surface area contributed by atoms with Gasteiger partial charge in [0.2, 0.25) is 0 Å². The average molecular weight is 439 g/mol. The zero-order valence-corrected chi connectivity index (χ0v) is 21.0. The van der Waals surface area contributed by atoms with Crippen LogP contribution in [0.25, 0.3) is 0 Å². The van der Waals surface area contributed by atoms with Crippen molar-refractivity contribution >= 4 is 11.9 Å². The van der Waals surface area contributed by atoms with Crippen molar-refractivity contribution in [1.82, 2.24) is 0 Å². The van der Waals surface area contributed by atoms with Gasteiger partial charge in [0.15, 0.2) is 0 Å². The van der Waals surface area contributed by atoms with E-state index in [1.165, 1.54) is 44.9 Å². The minimum atomic E-state index is -0.138. The van der Waals surface area contributed by atoms with Gasteiger partial charge in [-0.15, -0.1) is 0 Å². The van der Waals surface area contributed by atoms with Gasteiger partial charge in [-0.05, 0) is 43.9 Å². The number of unbranched alkanes of at least 4 members (excludes halogenated alkanes) is 6. The van der Waals surface area contributed by atoms with Crippen LogP contribution in [0.1, 0.15) is 124 Å². The lowest BCUT2D eigenvalue weighted by molar-refractivity contribution is -0.156. The highest BCUT2D eigenvalue weighted by atomic mass is 16.5. The van der Waals surface area contributed by atoms with Gasteiger partial charge < -0.3 is 9.47 Å². The molecule has 0 aromatic carbocycles. The van der Waals surface area contributed by atoms with E-state index in [2.05, 4.69) is 27.7 Å². The van der Waals surface area contributed by atoms with E-state index in [-0.39, 0.29) is 23.8 Å². The van der Waals surface area contributed by atoms with Crippen LogP contribution >= 0.6 is 0 Å². The fourth-order valence-corrected chi connectivity index (χ4v) is 4.49. The zero-order chi connectivity index (χ0) is 22.9. The Morgan fingerprint density at radius 3 is 2.03 bits per heavy atom. The number of carbonyl (C=O) groups is 2. The minimum absolute atomic E-state index is 0.107. The van der Waals surface area contributed by atoms with Gasteiger partial charge >= 0.3 is 11.9 Å². The predicted octanol–water partition coefficient (Wildman–Crippen LogP) is 7.48. The van der Waals surface area contributed by atoms with E-state index in [9.17, 15) is 9.59 Å². The topological polar surface area (TPSA) is 52.6 Å². The normalized spacial score (nSPS) is 19.9. The number of hydrogen-bond acceptors (Lipinski definition) is 4. The molecule has 3 unspecified atom stereocenters. The van der Waals surface area contributed by atoms with Crippen LogP contribution in [0.5, 0.6) is 0 Å². The summed E-state index contributed by atoms with van der Waals surface area (Å²) in [6.45, 7) is 9.96. The first-order valence-electron chi connectivity index (χ1n) is 13.3. The van der Waals surface area contributed by atoms with Gasteiger partial charge in [-0.2, -0.15) is 0 Å². The molecule has 0 heterocycles.